The molecule has 4 heteroatoms. The van der Waals surface area contributed by atoms with Crippen molar-refractivity contribution in [2.75, 3.05) is 6.54 Å². The van der Waals surface area contributed by atoms with Crippen molar-refractivity contribution in [3.05, 3.63) is 28.2 Å². The van der Waals surface area contributed by atoms with Gasteiger partial charge in [0.15, 0.2) is 0 Å². The van der Waals surface area contributed by atoms with E-state index in [4.69, 9.17) is 0 Å². The van der Waals surface area contributed by atoms with Gasteiger partial charge in [0.2, 0.25) is 0 Å². The number of hydrogen-bond acceptors (Lipinski definition) is 2. The Morgan fingerprint density at radius 3 is 2.75 bits per heavy atom. The lowest BCUT2D eigenvalue weighted by Gasteiger charge is -2.20. The average Bonchev–Trinajstić information content (AvgIpc) is 3.02. The Morgan fingerprint density at radius 1 is 1.56 bits per heavy atom. The van der Waals surface area contributed by atoms with Crippen molar-refractivity contribution in [3.63, 3.8) is 0 Å². The summed E-state index contributed by atoms with van der Waals surface area (Å²) in [7, 11) is 0. The molecule has 3 nitrogen and oxygen atoms in total. The molecule has 1 aromatic rings. The predicted octanol–water partition coefficient (Wildman–Crippen LogP) is 2.78. The lowest BCUT2D eigenvalue weighted by molar-refractivity contribution is 0.0749. The maximum absolute atomic E-state index is 12.1. The molecule has 1 N–H and O–H groups in total. The van der Waals surface area contributed by atoms with Crippen LogP contribution in [0.3, 0.4) is 0 Å². The minimum absolute atomic E-state index is 0.0403. The topological polar surface area (TPSA) is 40.5 Å². The van der Waals surface area contributed by atoms with Crippen molar-refractivity contribution in [1.82, 2.24) is 4.90 Å². The highest BCUT2D eigenvalue weighted by Crippen LogP contribution is 2.30. The fourth-order valence-electron chi connectivity index (χ4n) is 1.79. The highest BCUT2D eigenvalue weighted by Gasteiger charge is 2.32. The molecule has 86 valence electrons. The van der Waals surface area contributed by atoms with Crippen LogP contribution in [-0.2, 0) is 0 Å². The fraction of sp³-hybridized carbons (Fsp3) is 0.417. The van der Waals surface area contributed by atoms with E-state index >= 15 is 0 Å². The van der Waals surface area contributed by atoms with E-state index in [1.165, 1.54) is 0 Å². The molecule has 0 saturated heterocycles. The van der Waals surface area contributed by atoms with E-state index in [0.717, 1.165) is 17.3 Å². The van der Waals surface area contributed by atoms with Crippen LogP contribution in [0, 0.1) is 0 Å². The van der Waals surface area contributed by atoms with Gasteiger partial charge in [-0.2, -0.15) is 0 Å². The molecule has 2 rings (SSSR count). The Labute approximate surface area is 103 Å². The molecule has 0 heterocycles. The van der Waals surface area contributed by atoms with Crippen molar-refractivity contribution in [3.8, 4) is 5.75 Å². The summed E-state index contributed by atoms with van der Waals surface area (Å²) in [5, 5.41) is 9.73. The van der Waals surface area contributed by atoms with Crippen molar-refractivity contribution in [2.24, 2.45) is 0 Å². The molecule has 0 bridgehead atoms. The summed E-state index contributed by atoms with van der Waals surface area (Å²) >= 11 is 3.26. The minimum atomic E-state index is -0.0741. The van der Waals surface area contributed by atoms with Gasteiger partial charge in [0.1, 0.15) is 5.75 Å². The highest BCUT2D eigenvalue weighted by atomic mass is 79.9. The molecule has 0 unspecified atom stereocenters. The fourth-order valence-corrected chi connectivity index (χ4v) is 2.14. The molecule has 0 atom stereocenters. The van der Waals surface area contributed by atoms with Gasteiger partial charge in [0.05, 0.1) is 5.56 Å². The molecule has 0 radical (unpaired) electrons. The molecule has 0 aromatic heterocycles. The molecule has 1 aliphatic rings. The molecular weight excluding hydrogens is 270 g/mol. The number of phenolic OH excluding ortho intramolecular Hbond substituents is 1. The van der Waals surface area contributed by atoms with Gasteiger partial charge < -0.3 is 10.0 Å². The van der Waals surface area contributed by atoms with Gasteiger partial charge in [-0.15, -0.1) is 0 Å². The van der Waals surface area contributed by atoms with Crippen LogP contribution >= 0.6 is 15.9 Å². The first-order valence-corrected chi connectivity index (χ1v) is 6.22. The Morgan fingerprint density at radius 2 is 2.25 bits per heavy atom. The van der Waals surface area contributed by atoms with Gasteiger partial charge in [0, 0.05) is 17.1 Å². The van der Waals surface area contributed by atoms with Crippen LogP contribution in [0.2, 0.25) is 0 Å². The molecule has 1 amide bonds. The largest absolute Gasteiger partial charge is 0.507 e. The summed E-state index contributed by atoms with van der Waals surface area (Å²) in [4.78, 5) is 14.0. The number of aromatic hydroxyl groups is 1. The van der Waals surface area contributed by atoms with E-state index in [1.807, 2.05) is 11.8 Å². The zero-order chi connectivity index (χ0) is 11.7. The summed E-state index contributed by atoms with van der Waals surface area (Å²) < 4.78 is 0.774. The third-order valence-electron chi connectivity index (χ3n) is 2.78. The predicted molar refractivity (Wildman–Crippen MR) is 65.5 cm³/mol. The van der Waals surface area contributed by atoms with E-state index in [-0.39, 0.29) is 11.7 Å². The number of carbonyl (C=O) groups is 1. The molecule has 1 aromatic carbocycles. The molecule has 1 aliphatic carbocycles. The smallest absolute Gasteiger partial charge is 0.257 e. The SMILES string of the molecule is CCN(C(=O)c1ccc(Br)cc1O)C1CC1. The van der Waals surface area contributed by atoms with Gasteiger partial charge >= 0.3 is 0 Å². The molecule has 0 spiro atoms. The number of amides is 1. The monoisotopic (exact) mass is 283 g/mol. The van der Waals surface area contributed by atoms with Crippen LogP contribution in [0.5, 0.6) is 5.75 Å². The number of phenols is 1. The van der Waals surface area contributed by atoms with Crippen LogP contribution in [0.4, 0.5) is 0 Å². The molecule has 0 aliphatic heterocycles. The number of rotatable bonds is 3. The Kier molecular flexibility index (Phi) is 3.19. The number of benzene rings is 1. The van der Waals surface area contributed by atoms with Crippen molar-refractivity contribution in [1.29, 1.82) is 0 Å². The van der Waals surface area contributed by atoms with E-state index < -0.39 is 0 Å². The minimum Gasteiger partial charge on any atom is -0.507 e. The van der Waals surface area contributed by atoms with Crippen molar-refractivity contribution in [2.45, 2.75) is 25.8 Å². The van der Waals surface area contributed by atoms with Crippen molar-refractivity contribution < 1.29 is 9.90 Å². The van der Waals surface area contributed by atoms with Crippen LogP contribution in [0.25, 0.3) is 0 Å². The van der Waals surface area contributed by atoms with E-state index in [2.05, 4.69) is 15.9 Å². The maximum Gasteiger partial charge on any atom is 0.257 e. The first kappa shape index (κ1) is 11.5. The number of carbonyl (C=O) groups excluding carboxylic acids is 1. The van der Waals surface area contributed by atoms with Crippen LogP contribution < -0.4 is 0 Å². The number of hydrogen-bond donors (Lipinski definition) is 1. The van der Waals surface area contributed by atoms with E-state index in [1.54, 1.807) is 18.2 Å². The normalized spacial score (nSPS) is 14.9. The zero-order valence-electron chi connectivity index (χ0n) is 9.11. The van der Waals surface area contributed by atoms with Crippen LogP contribution in [0.1, 0.15) is 30.1 Å². The summed E-state index contributed by atoms with van der Waals surface area (Å²) in [5.74, 6) is -0.0338. The third-order valence-corrected chi connectivity index (χ3v) is 3.27. The third kappa shape index (κ3) is 2.21. The zero-order valence-corrected chi connectivity index (χ0v) is 10.7. The number of halogens is 1. The van der Waals surface area contributed by atoms with Gasteiger partial charge in [-0.1, -0.05) is 15.9 Å². The van der Waals surface area contributed by atoms with Crippen LogP contribution in [0.15, 0.2) is 22.7 Å². The summed E-state index contributed by atoms with van der Waals surface area (Å²) in [5.41, 5.74) is 0.386. The molecule has 1 saturated carbocycles. The molecular formula is C12H14BrNO2. The summed E-state index contributed by atoms with van der Waals surface area (Å²) in [6.07, 6.45) is 2.16. The second kappa shape index (κ2) is 4.45. The van der Waals surface area contributed by atoms with Gasteiger partial charge in [0.25, 0.3) is 5.91 Å². The summed E-state index contributed by atoms with van der Waals surface area (Å²) in [6, 6.07) is 5.36. The second-order valence-electron chi connectivity index (χ2n) is 3.98. The van der Waals surface area contributed by atoms with E-state index in [0.29, 0.717) is 18.2 Å². The highest BCUT2D eigenvalue weighted by molar-refractivity contribution is 9.10. The standard InChI is InChI=1S/C12H14BrNO2/c1-2-14(9-4-5-9)12(16)10-6-3-8(13)7-11(10)15/h3,6-7,9,15H,2,4-5H2,1H3. The molecule has 1 fully saturated rings. The first-order chi connectivity index (χ1) is 7.63. The Hall–Kier alpha value is -1.03. The number of nitrogens with zero attached hydrogens (tertiary/aromatic N) is 1. The Bertz CT molecular complexity index is 415. The first-order valence-electron chi connectivity index (χ1n) is 5.43. The lowest BCUT2D eigenvalue weighted by atomic mass is 10.1. The second-order valence-corrected chi connectivity index (χ2v) is 4.90. The van der Waals surface area contributed by atoms with Gasteiger partial charge in [-0.25, -0.2) is 0 Å². The van der Waals surface area contributed by atoms with Crippen LogP contribution in [-0.4, -0.2) is 28.5 Å². The average molecular weight is 284 g/mol. The maximum atomic E-state index is 12.1. The lowest BCUT2D eigenvalue weighted by Crippen LogP contribution is -2.32. The summed E-state index contributed by atoms with van der Waals surface area (Å²) in [6.45, 7) is 2.66. The molecule has 16 heavy (non-hydrogen) atoms. The van der Waals surface area contributed by atoms with Gasteiger partial charge in [-0.05, 0) is 38.0 Å². The van der Waals surface area contributed by atoms with Gasteiger partial charge in [-0.3, -0.25) is 4.79 Å². The quantitative estimate of drug-likeness (QED) is 0.927. The van der Waals surface area contributed by atoms with Crippen molar-refractivity contribution >= 4 is 21.8 Å². The van der Waals surface area contributed by atoms with E-state index in [9.17, 15) is 9.90 Å². The Balaban J connectivity index is 2.25.